The van der Waals surface area contributed by atoms with Crippen LogP contribution in [0.1, 0.15) is 26.7 Å². The molecule has 0 aromatic rings. The summed E-state index contributed by atoms with van der Waals surface area (Å²) in [5.41, 5.74) is -6.85. The lowest BCUT2D eigenvalue weighted by Crippen LogP contribution is -2.55. The highest BCUT2D eigenvalue weighted by molar-refractivity contribution is 7.46. The molecule has 0 aliphatic heterocycles. The van der Waals surface area contributed by atoms with Crippen molar-refractivity contribution in [3.8, 4) is 0 Å². The van der Waals surface area contributed by atoms with E-state index in [1.807, 2.05) is 0 Å². The summed E-state index contributed by atoms with van der Waals surface area (Å²) in [6.07, 6.45) is -1.80. The van der Waals surface area contributed by atoms with Crippen LogP contribution in [0.15, 0.2) is 23.3 Å². The van der Waals surface area contributed by atoms with Crippen molar-refractivity contribution in [2.75, 3.05) is 0 Å². The normalized spacial score (nSPS) is 32.0. The highest BCUT2D eigenvalue weighted by atomic mass is 31.2. The molecule has 0 spiro atoms. The Kier molecular flexibility index (Phi) is 4.51. The van der Waals surface area contributed by atoms with Gasteiger partial charge in [0.2, 0.25) is 5.67 Å². The van der Waals surface area contributed by atoms with E-state index < -0.39 is 55.2 Å². The molecule has 0 bridgehead atoms. The Balaban J connectivity index is 3.67. The number of phosphoric acid groups is 1. The summed E-state index contributed by atoms with van der Waals surface area (Å²) in [6.45, 7) is 1.96. The number of allylic oxidation sites excluding steroid dienone is 2. The number of rotatable bonds is 4. The van der Waals surface area contributed by atoms with E-state index in [0.717, 1.165) is 13.8 Å². The van der Waals surface area contributed by atoms with E-state index in [1.54, 1.807) is 0 Å². The molecule has 0 fully saturated rings. The lowest BCUT2D eigenvalue weighted by molar-refractivity contribution is -0.0860. The van der Waals surface area contributed by atoms with Crippen LogP contribution in [0.3, 0.4) is 0 Å². The zero-order valence-electron chi connectivity index (χ0n) is 10.5. The van der Waals surface area contributed by atoms with Crippen molar-refractivity contribution in [3.05, 3.63) is 23.3 Å². The molecule has 1 aliphatic rings. The lowest BCUT2D eigenvalue weighted by Gasteiger charge is -2.43. The Hall–Kier alpha value is -0.760. The van der Waals surface area contributed by atoms with Gasteiger partial charge < -0.3 is 9.79 Å². The lowest BCUT2D eigenvalue weighted by atomic mass is 9.75. The number of hydrogen-bond donors (Lipinski definition) is 2. The average molecular weight is 322 g/mol. The molecular formula is C10H12F5O4P. The van der Waals surface area contributed by atoms with Crippen molar-refractivity contribution in [2.24, 2.45) is 0 Å². The first-order valence-corrected chi connectivity index (χ1v) is 7.07. The highest BCUT2D eigenvalue weighted by Gasteiger charge is 2.65. The largest absolute Gasteiger partial charge is 0.470 e. The third-order valence-electron chi connectivity index (χ3n) is 3.18. The molecule has 1 rings (SSSR count). The van der Waals surface area contributed by atoms with Gasteiger partial charge in [-0.05, 0) is 12.8 Å². The maximum atomic E-state index is 14.6. The fourth-order valence-electron chi connectivity index (χ4n) is 2.15. The molecule has 0 saturated carbocycles. The number of hydrogen-bond acceptors (Lipinski definition) is 2. The molecule has 2 N–H and O–H groups in total. The van der Waals surface area contributed by atoms with Crippen LogP contribution in [0.4, 0.5) is 22.0 Å². The first kappa shape index (κ1) is 17.3. The van der Waals surface area contributed by atoms with Crippen molar-refractivity contribution in [2.45, 2.75) is 38.0 Å². The number of phosphoric ester groups is 1. The van der Waals surface area contributed by atoms with Gasteiger partial charge in [-0.3, -0.25) is 4.52 Å². The van der Waals surface area contributed by atoms with Crippen molar-refractivity contribution >= 4 is 7.82 Å². The van der Waals surface area contributed by atoms with Crippen molar-refractivity contribution in [1.29, 1.82) is 0 Å². The average Bonchev–Trinajstić information content (AvgIpc) is 2.38. The molecule has 0 amide bonds. The molecule has 2 unspecified atom stereocenters. The Morgan fingerprint density at radius 3 is 1.85 bits per heavy atom. The van der Waals surface area contributed by atoms with Gasteiger partial charge >= 0.3 is 7.82 Å². The summed E-state index contributed by atoms with van der Waals surface area (Å²) >= 11 is 0. The summed E-state index contributed by atoms with van der Waals surface area (Å²) in [5.74, 6) is -9.29. The summed E-state index contributed by atoms with van der Waals surface area (Å²) in [7, 11) is -5.51. The Labute approximate surface area is 111 Å². The van der Waals surface area contributed by atoms with E-state index >= 15 is 0 Å². The van der Waals surface area contributed by atoms with Crippen LogP contribution < -0.4 is 0 Å². The van der Waals surface area contributed by atoms with Gasteiger partial charge in [0.15, 0.2) is 28.9 Å². The predicted molar refractivity (Wildman–Crippen MR) is 58.8 cm³/mol. The van der Waals surface area contributed by atoms with Crippen LogP contribution in [0.5, 0.6) is 0 Å². The van der Waals surface area contributed by atoms with Crippen LogP contribution >= 0.6 is 7.82 Å². The second-order valence-corrected chi connectivity index (χ2v) is 5.34. The minimum absolute atomic E-state index is 0.873. The first-order chi connectivity index (χ1) is 8.97. The SMILES string of the molecule is CCC1(F)C(F)=C(F)C(F)=C(F)C1(CC)OP(=O)(O)O. The highest BCUT2D eigenvalue weighted by Crippen LogP contribution is 2.59. The molecule has 0 saturated heterocycles. The summed E-state index contributed by atoms with van der Waals surface area (Å²) in [5, 5.41) is 0. The van der Waals surface area contributed by atoms with E-state index in [4.69, 9.17) is 9.79 Å². The molecule has 2 atom stereocenters. The smallest absolute Gasteiger partial charge is 0.303 e. The van der Waals surface area contributed by atoms with E-state index in [0.29, 0.717) is 0 Å². The van der Waals surface area contributed by atoms with Gasteiger partial charge in [-0.25, -0.2) is 26.5 Å². The standard InChI is InChI=1S/C10H12F5O4P/c1-3-9(15)7(13)5(11)6(12)8(14)10(9,4-2)19-20(16,17)18/h3-4H2,1-2H3,(H2,16,17,18). The van der Waals surface area contributed by atoms with Crippen LogP contribution in [0, 0.1) is 0 Å². The molecule has 0 radical (unpaired) electrons. The maximum Gasteiger partial charge on any atom is 0.470 e. The molecule has 116 valence electrons. The van der Waals surface area contributed by atoms with Crippen LogP contribution in [0.2, 0.25) is 0 Å². The van der Waals surface area contributed by atoms with Crippen molar-refractivity contribution in [3.63, 3.8) is 0 Å². The third-order valence-corrected chi connectivity index (χ3v) is 3.73. The van der Waals surface area contributed by atoms with Gasteiger partial charge in [-0.15, -0.1) is 0 Å². The van der Waals surface area contributed by atoms with Gasteiger partial charge in [0, 0.05) is 0 Å². The molecule has 0 aromatic heterocycles. The fraction of sp³-hybridized carbons (Fsp3) is 0.600. The fourth-order valence-corrected chi connectivity index (χ4v) is 2.91. The number of halogens is 5. The molecule has 20 heavy (non-hydrogen) atoms. The molecule has 1 aliphatic carbocycles. The summed E-state index contributed by atoms with van der Waals surface area (Å²) in [4.78, 5) is 17.5. The van der Waals surface area contributed by atoms with Crippen molar-refractivity contribution < 1.29 is 40.8 Å². The van der Waals surface area contributed by atoms with E-state index in [2.05, 4.69) is 4.52 Å². The number of alkyl halides is 1. The van der Waals surface area contributed by atoms with Crippen LogP contribution in [0.25, 0.3) is 0 Å². The minimum atomic E-state index is -5.51. The van der Waals surface area contributed by atoms with E-state index in [-0.39, 0.29) is 0 Å². The monoisotopic (exact) mass is 322 g/mol. The minimum Gasteiger partial charge on any atom is -0.303 e. The molecule has 0 aromatic carbocycles. The van der Waals surface area contributed by atoms with Crippen LogP contribution in [-0.2, 0) is 9.09 Å². The molecular weight excluding hydrogens is 310 g/mol. The zero-order chi connectivity index (χ0) is 15.9. The van der Waals surface area contributed by atoms with Gasteiger partial charge in [0.1, 0.15) is 0 Å². The third kappa shape index (κ3) is 2.32. The van der Waals surface area contributed by atoms with E-state index in [9.17, 15) is 26.5 Å². The predicted octanol–water partition coefficient (Wildman–Crippen LogP) is 3.68. The molecule has 0 heterocycles. The topological polar surface area (TPSA) is 66.8 Å². The molecule has 4 nitrogen and oxygen atoms in total. The zero-order valence-corrected chi connectivity index (χ0v) is 11.4. The van der Waals surface area contributed by atoms with Crippen LogP contribution in [-0.4, -0.2) is 21.1 Å². The van der Waals surface area contributed by atoms with Crippen molar-refractivity contribution in [1.82, 2.24) is 0 Å². The summed E-state index contributed by atoms with van der Waals surface area (Å²) in [6, 6.07) is 0. The second kappa shape index (κ2) is 5.22. The van der Waals surface area contributed by atoms with Gasteiger partial charge in [-0.1, -0.05) is 13.8 Å². The Morgan fingerprint density at radius 1 is 1.05 bits per heavy atom. The van der Waals surface area contributed by atoms with E-state index in [1.165, 1.54) is 0 Å². The Morgan fingerprint density at radius 2 is 1.50 bits per heavy atom. The summed E-state index contributed by atoms with van der Waals surface area (Å²) < 4.78 is 83.5. The maximum absolute atomic E-state index is 14.6. The van der Waals surface area contributed by atoms with Gasteiger partial charge in [0.25, 0.3) is 0 Å². The van der Waals surface area contributed by atoms with Gasteiger partial charge in [0.05, 0.1) is 0 Å². The molecule has 10 heteroatoms. The van der Waals surface area contributed by atoms with Gasteiger partial charge in [-0.2, -0.15) is 0 Å². The first-order valence-electron chi connectivity index (χ1n) is 5.54. The Bertz CT molecular complexity index is 528. The second-order valence-electron chi connectivity index (χ2n) is 4.17. The quantitative estimate of drug-likeness (QED) is 0.612.